The number of rotatable bonds is 1. The van der Waals surface area contributed by atoms with Crippen LogP contribution >= 0.6 is 0 Å². The molecule has 0 radical (unpaired) electrons. The molecule has 2 saturated heterocycles. The predicted octanol–water partition coefficient (Wildman–Crippen LogP) is 1.53. The minimum atomic E-state index is -0.917. The van der Waals surface area contributed by atoms with Crippen molar-refractivity contribution >= 4 is 0 Å². The van der Waals surface area contributed by atoms with E-state index in [0.717, 1.165) is 55.0 Å². The quantitative estimate of drug-likeness (QED) is 0.842. The molecule has 0 aromatic heterocycles. The van der Waals surface area contributed by atoms with E-state index < -0.39 is 11.9 Å². The maximum Gasteiger partial charge on any atom is 0.231 e. The summed E-state index contributed by atoms with van der Waals surface area (Å²) in [7, 11) is 1.66. The van der Waals surface area contributed by atoms with Crippen LogP contribution in [0.25, 0.3) is 0 Å². The lowest BCUT2D eigenvalue weighted by molar-refractivity contribution is -0.277. The van der Waals surface area contributed by atoms with E-state index in [0.29, 0.717) is 0 Å². The lowest BCUT2D eigenvalue weighted by Gasteiger charge is -2.39. The Hall–Kier alpha value is -1.34. The van der Waals surface area contributed by atoms with Crippen molar-refractivity contribution in [3.05, 3.63) is 23.3 Å². The molecule has 3 fully saturated rings. The molecule has 6 heteroatoms. The van der Waals surface area contributed by atoms with Gasteiger partial charge in [-0.1, -0.05) is 0 Å². The van der Waals surface area contributed by atoms with E-state index in [2.05, 4.69) is 17.0 Å². The summed E-state index contributed by atoms with van der Waals surface area (Å²) in [5.74, 6) is 0.617. The fourth-order valence-electron chi connectivity index (χ4n) is 5.94. The summed E-state index contributed by atoms with van der Waals surface area (Å²) in [5, 5.41) is 11.2. The molecule has 128 valence electrons. The van der Waals surface area contributed by atoms with Gasteiger partial charge in [-0.2, -0.15) is 0 Å². The van der Waals surface area contributed by atoms with Gasteiger partial charge in [0.2, 0.25) is 6.79 Å². The number of methoxy groups -OCH3 is 1. The molecule has 1 saturated carbocycles. The van der Waals surface area contributed by atoms with Gasteiger partial charge in [-0.25, -0.2) is 0 Å². The van der Waals surface area contributed by atoms with E-state index in [4.69, 9.17) is 18.9 Å². The maximum atomic E-state index is 11.2. The number of benzene rings is 1. The number of nitrogens with zero attached hydrogens (tertiary/aromatic N) is 1. The third kappa shape index (κ3) is 1.39. The molecule has 1 spiro atoms. The SMILES string of the molecule is CO[C@]12C[C@]34CCCN3CC(O1)c1cc3c(cc1[C@@H]4C2O)OCO3. The van der Waals surface area contributed by atoms with E-state index in [1.807, 2.05) is 0 Å². The predicted molar refractivity (Wildman–Crippen MR) is 83.0 cm³/mol. The Bertz CT molecular complexity index is 738. The van der Waals surface area contributed by atoms with Crippen LogP contribution in [0.5, 0.6) is 11.5 Å². The first-order chi connectivity index (χ1) is 11.7. The van der Waals surface area contributed by atoms with Crippen molar-refractivity contribution in [2.45, 2.75) is 48.7 Å². The molecule has 6 nitrogen and oxygen atoms in total. The topological polar surface area (TPSA) is 60.4 Å². The highest BCUT2D eigenvalue weighted by Crippen LogP contribution is 2.64. The van der Waals surface area contributed by atoms with Crippen molar-refractivity contribution in [2.24, 2.45) is 0 Å². The van der Waals surface area contributed by atoms with Gasteiger partial charge >= 0.3 is 0 Å². The lowest BCUT2D eigenvalue weighted by Crippen LogP contribution is -2.47. The second-order valence-corrected chi connectivity index (χ2v) is 7.71. The van der Waals surface area contributed by atoms with Gasteiger partial charge in [-0.3, -0.25) is 4.90 Å². The zero-order valence-electron chi connectivity index (χ0n) is 13.7. The first-order valence-electron chi connectivity index (χ1n) is 8.76. The fourth-order valence-corrected chi connectivity index (χ4v) is 5.94. The molecule has 2 unspecified atom stereocenters. The van der Waals surface area contributed by atoms with Gasteiger partial charge in [0, 0.05) is 31.5 Å². The van der Waals surface area contributed by atoms with Crippen LogP contribution in [0.4, 0.5) is 0 Å². The Morgan fingerprint density at radius 3 is 2.83 bits per heavy atom. The van der Waals surface area contributed by atoms with Gasteiger partial charge in [0.1, 0.15) is 6.10 Å². The van der Waals surface area contributed by atoms with Crippen LogP contribution in [0.3, 0.4) is 0 Å². The Morgan fingerprint density at radius 2 is 2.04 bits per heavy atom. The lowest BCUT2D eigenvalue weighted by atomic mass is 9.78. The first-order valence-corrected chi connectivity index (χ1v) is 8.76. The summed E-state index contributed by atoms with van der Waals surface area (Å²) in [4.78, 5) is 2.53. The Balaban J connectivity index is 1.64. The highest BCUT2D eigenvalue weighted by molar-refractivity contribution is 5.54. The van der Waals surface area contributed by atoms with Crippen molar-refractivity contribution in [2.75, 3.05) is 27.0 Å². The van der Waals surface area contributed by atoms with Crippen molar-refractivity contribution in [1.29, 1.82) is 0 Å². The molecule has 1 aromatic rings. The minimum absolute atomic E-state index is 0.0167. The largest absolute Gasteiger partial charge is 0.454 e. The van der Waals surface area contributed by atoms with Gasteiger partial charge in [-0.05, 0) is 42.6 Å². The third-order valence-electron chi connectivity index (χ3n) is 6.90. The van der Waals surface area contributed by atoms with Crippen molar-refractivity contribution in [1.82, 2.24) is 4.90 Å². The van der Waals surface area contributed by atoms with E-state index in [-0.39, 0.29) is 24.4 Å². The van der Waals surface area contributed by atoms with Crippen LogP contribution in [0.2, 0.25) is 0 Å². The van der Waals surface area contributed by atoms with Crippen molar-refractivity contribution in [3.63, 3.8) is 0 Å². The van der Waals surface area contributed by atoms with Crippen LogP contribution in [-0.4, -0.2) is 54.4 Å². The van der Waals surface area contributed by atoms with E-state index >= 15 is 0 Å². The Kier molecular flexibility index (Phi) is 2.46. The highest BCUT2D eigenvalue weighted by Gasteiger charge is 2.70. The molecule has 4 bridgehead atoms. The highest BCUT2D eigenvalue weighted by atomic mass is 16.7. The molecular formula is C18H21NO5. The smallest absolute Gasteiger partial charge is 0.231 e. The van der Waals surface area contributed by atoms with Crippen LogP contribution in [-0.2, 0) is 9.47 Å². The molecule has 1 aromatic carbocycles. The maximum absolute atomic E-state index is 11.2. The number of aliphatic hydroxyl groups excluding tert-OH is 1. The van der Waals surface area contributed by atoms with Crippen LogP contribution in [0.15, 0.2) is 12.1 Å². The second-order valence-electron chi connectivity index (χ2n) is 7.71. The molecule has 0 amide bonds. The summed E-state index contributed by atoms with van der Waals surface area (Å²) >= 11 is 0. The van der Waals surface area contributed by atoms with Crippen molar-refractivity contribution < 1.29 is 24.1 Å². The van der Waals surface area contributed by atoms with Crippen molar-refractivity contribution in [3.8, 4) is 11.5 Å². The fraction of sp³-hybridized carbons (Fsp3) is 0.667. The standard InChI is InChI=1S/C18H21NO5/c1-21-18-8-17-3-2-4-19(17)7-14(24-18)10-5-12-13(23-9-22-12)6-11(10)15(17)16(18)20/h5-6,14-16,20H,2-4,7-9H2,1H3/t14?,15-,16?,17+,18-/m1/s1. The zero-order valence-corrected chi connectivity index (χ0v) is 13.7. The molecule has 5 atom stereocenters. The molecule has 5 aliphatic heterocycles. The summed E-state index contributed by atoms with van der Waals surface area (Å²) in [6.07, 6.45) is 2.18. The monoisotopic (exact) mass is 331 g/mol. The number of aliphatic hydroxyl groups is 1. The summed E-state index contributed by atoms with van der Waals surface area (Å²) in [6, 6.07) is 4.12. The normalized spacial score (nSPS) is 44.5. The molecule has 6 aliphatic rings. The summed E-state index contributed by atoms with van der Waals surface area (Å²) in [6.45, 7) is 2.17. The van der Waals surface area contributed by atoms with Gasteiger partial charge in [0.15, 0.2) is 17.3 Å². The van der Waals surface area contributed by atoms with Gasteiger partial charge < -0.3 is 24.1 Å². The van der Waals surface area contributed by atoms with Crippen LogP contribution in [0.1, 0.15) is 42.4 Å². The molecule has 1 N–H and O–H groups in total. The third-order valence-corrected chi connectivity index (χ3v) is 6.90. The number of hydrogen-bond acceptors (Lipinski definition) is 6. The van der Waals surface area contributed by atoms with E-state index in [1.54, 1.807) is 7.11 Å². The van der Waals surface area contributed by atoms with Crippen LogP contribution in [0, 0.1) is 0 Å². The van der Waals surface area contributed by atoms with Gasteiger partial charge in [-0.15, -0.1) is 0 Å². The van der Waals surface area contributed by atoms with E-state index in [9.17, 15) is 5.11 Å². The molecule has 1 aliphatic carbocycles. The zero-order chi connectivity index (χ0) is 16.1. The minimum Gasteiger partial charge on any atom is -0.454 e. The number of ether oxygens (including phenoxy) is 4. The average molecular weight is 331 g/mol. The van der Waals surface area contributed by atoms with Crippen LogP contribution < -0.4 is 9.47 Å². The Labute approximate surface area is 140 Å². The molecule has 7 rings (SSSR count). The molecule has 5 heterocycles. The average Bonchev–Trinajstić information content (AvgIpc) is 3.19. The molecular weight excluding hydrogens is 310 g/mol. The second kappa shape index (κ2) is 4.25. The number of fused-ring (bicyclic) bond motifs is 1. The number of hydrogen-bond donors (Lipinski definition) is 1. The summed E-state index contributed by atoms with van der Waals surface area (Å²) in [5.41, 5.74) is 2.19. The summed E-state index contributed by atoms with van der Waals surface area (Å²) < 4.78 is 23.5. The van der Waals surface area contributed by atoms with Gasteiger partial charge in [0.05, 0.1) is 6.10 Å². The first kappa shape index (κ1) is 13.9. The van der Waals surface area contributed by atoms with E-state index in [1.165, 1.54) is 0 Å². The Morgan fingerprint density at radius 1 is 1.25 bits per heavy atom. The molecule has 24 heavy (non-hydrogen) atoms. The van der Waals surface area contributed by atoms with Gasteiger partial charge in [0.25, 0.3) is 0 Å².